The predicted octanol–water partition coefficient (Wildman–Crippen LogP) is 1.76. The highest BCUT2D eigenvalue weighted by atomic mass is 32.5. The van der Waals surface area contributed by atoms with Gasteiger partial charge in [0.05, 0.1) is 20.1 Å². The number of nitrogens with zero attached hydrogens (tertiary/aromatic N) is 1. The lowest BCUT2D eigenvalue weighted by Gasteiger charge is -2.34. The fourth-order valence-corrected chi connectivity index (χ4v) is 6.68. The summed E-state index contributed by atoms with van der Waals surface area (Å²) in [5, 5.41) is 26.4. The molecule has 1 amide bonds. The van der Waals surface area contributed by atoms with Gasteiger partial charge in [-0.05, 0) is 43.2 Å². The van der Waals surface area contributed by atoms with E-state index in [-0.39, 0.29) is 18.8 Å². The van der Waals surface area contributed by atoms with Crippen molar-refractivity contribution in [3.63, 3.8) is 0 Å². The Morgan fingerprint density at radius 1 is 1.29 bits per heavy atom. The lowest BCUT2D eigenvalue weighted by Crippen LogP contribution is -2.54. The molecule has 0 bridgehead atoms. The number of fused-ring (bicyclic) bond motifs is 1. The van der Waals surface area contributed by atoms with Gasteiger partial charge in [-0.25, -0.2) is 5.09 Å². The second-order valence-electron chi connectivity index (χ2n) is 9.19. The molecular weight excluding hydrogens is 535 g/mol. The van der Waals surface area contributed by atoms with Crippen molar-refractivity contribution in [2.75, 3.05) is 13.7 Å². The van der Waals surface area contributed by atoms with Gasteiger partial charge in [-0.3, -0.25) is 19.3 Å². The van der Waals surface area contributed by atoms with Crippen molar-refractivity contribution < 1.29 is 43.1 Å². The summed E-state index contributed by atoms with van der Waals surface area (Å²) in [7, 11) is 1.24. The van der Waals surface area contributed by atoms with Crippen molar-refractivity contribution in [3.8, 4) is 5.75 Å². The molecule has 204 valence electrons. The zero-order chi connectivity index (χ0) is 27.7. The standard InChI is InChI=1S/C25H29N2O9PS/c1-15(23(31)33-3)26-37(38,36-19-10-6-8-16-7-4-5-9-18(16)19)34-14-20-22(30)25(2,32)24(35-20)27-12-11-17(28)13-21(27)29/h4-12,15,20,22,24,30,32H,13-14H2,1-3H3,(H,26,38)/t15?,20-,22-,24-,25-,37?/m1/s1. The Kier molecular flexibility index (Phi) is 8.34. The van der Waals surface area contributed by atoms with Crippen molar-refractivity contribution in [2.45, 2.75) is 50.3 Å². The van der Waals surface area contributed by atoms with E-state index in [0.29, 0.717) is 5.75 Å². The molecule has 1 fully saturated rings. The number of carbonyl (C=O) groups excluding carboxylic acids is 3. The summed E-state index contributed by atoms with van der Waals surface area (Å²) in [5.74, 6) is -1.12. The molecule has 2 aliphatic rings. The van der Waals surface area contributed by atoms with Crippen LogP contribution in [-0.2, 0) is 40.2 Å². The first-order chi connectivity index (χ1) is 17.9. The van der Waals surface area contributed by atoms with Gasteiger partial charge >= 0.3 is 12.6 Å². The fraction of sp³-hybridized carbons (Fsp3) is 0.400. The average molecular weight is 565 g/mol. The van der Waals surface area contributed by atoms with Crippen LogP contribution in [-0.4, -0.2) is 76.6 Å². The molecule has 6 atom stereocenters. The van der Waals surface area contributed by atoms with Gasteiger partial charge in [0, 0.05) is 11.6 Å². The SMILES string of the molecule is COC(=O)C(C)NP(=S)(OC[C@H]1O[C@@H](N2C=CC(=O)CC2=O)[C@](C)(O)[C@@H]1O)Oc1cccc2ccccc12. The van der Waals surface area contributed by atoms with E-state index in [1.54, 1.807) is 19.1 Å². The number of ether oxygens (including phenoxy) is 2. The molecule has 0 saturated carbocycles. The lowest BCUT2D eigenvalue weighted by atomic mass is 9.95. The highest BCUT2D eigenvalue weighted by Crippen LogP contribution is 2.48. The number of aliphatic hydroxyl groups excluding tert-OH is 1. The number of ketones is 1. The number of carbonyl (C=O) groups is 3. The van der Waals surface area contributed by atoms with Crippen LogP contribution in [0.4, 0.5) is 0 Å². The Balaban J connectivity index is 1.57. The smallest absolute Gasteiger partial charge is 0.323 e. The second-order valence-corrected chi connectivity index (χ2v) is 12.3. The molecule has 0 radical (unpaired) electrons. The zero-order valence-corrected chi connectivity index (χ0v) is 22.7. The van der Waals surface area contributed by atoms with Crippen LogP contribution in [0.25, 0.3) is 10.8 Å². The summed E-state index contributed by atoms with van der Waals surface area (Å²) >= 11 is 5.74. The summed E-state index contributed by atoms with van der Waals surface area (Å²) in [6.45, 7) is -0.976. The van der Waals surface area contributed by atoms with Crippen LogP contribution in [0, 0.1) is 0 Å². The van der Waals surface area contributed by atoms with Crippen LogP contribution < -0.4 is 9.61 Å². The third kappa shape index (κ3) is 5.81. The van der Waals surface area contributed by atoms with E-state index in [1.165, 1.54) is 26.3 Å². The predicted molar refractivity (Wildman–Crippen MR) is 140 cm³/mol. The molecule has 1 saturated heterocycles. The third-order valence-corrected chi connectivity index (χ3v) is 8.81. The quantitative estimate of drug-likeness (QED) is 0.233. The second kappa shape index (κ2) is 11.2. The molecule has 0 spiro atoms. The van der Waals surface area contributed by atoms with Gasteiger partial charge in [-0.1, -0.05) is 36.4 Å². The van der Waals surface area contributed by atoms with E-state index in [0.717, 1.165) is 15.7 Å². The summed E-state index contributed by atoms with van der Waals surface area (Å²) in [4.78, 5) is 37.2. The molecule has 38 heavy (non-hydrogen) atoms. The number of allylic oxidation sites excluding steroid dienone is 1. The minimum Gasteiger partial charge on any atom is -0.468 e. The number of aliphatic hydroxyl groups is 2. The Hall–Kier alpha value is -2.70. The number of rotatable bonds is 9. The van der Waals surface area contributed by atoms with E-state index >= 15 is 0 Å². The number of hydrogen-bond donors (Lipinski definition) is 3. The first kappa shape index (κ1) is 28.3. The Morgan fingerprint density at radius 2 is 2.00 bits per heavy atom. The normalized spacial score (nSPS) is 27.8. The van der Waals surface area contributed by atoms with Crippen molar-refractivity contribution >= 4 is 46.9 Å². The van der Waals surface area contributed by atoms with E-state index in [2.05, 4.69) is 5.09 Å². The molecular formula is C25H29N2O9PS. The highest BCUT2D eigenvalue weighted by Gasteiger charge is 2.55. The largest absolute Gasteiger partial charge is 0.468 e. The average Bonchev–Trinajstić information content (AvgIpc) is 3.10. The molecule has 11 nitrogen and oxygen atoms in total. The Morgan fingerprint density at radius 3 is 2.71 bits per heavy atom. The number of esters is 1. The van der Waals surface area contributed by atoms with Gasteiger partial charge in [-0.15, -0.1) is 0 Å². The molecule has 0 aromatic heterocycles. The molecule has 3 N–H and O–H groups in total. The van der Waals surface area contributed by atoms with Crippen molar-refractivity contribution in [2.24, 2.45) is 0 Å². The summed E-state index contributed by atoms with van der Waals surface area (Å²) < 4.78 is 22.8. The van der Waals surface area contributed by atoms with Crippen molar-refractivity contribution in [1.82, 2.24) is 9.99 Å². The van der Waals surface area contributed by atoms with Crippen LogP contribution in [0.15, 0.2) is 54.7 Å². The minimum absolute atomic E-state index is 0.346. The first-order valence-electron chi connectivity index (χ1n) is 11.8. The van der Waals surface area contributed by atoms with E-state index < -0.39 is 48.6 Å². The Bertz CT molecular complexity index is 1310. The van der Waals surface area contributed by atoms with Crippen molar-refractivity contribution in [1.29, 1.82) is 0 Å². The van der Waals surface area contributed by atoms with Crippen LogP contribution >= 0.6 is 6.64 Å². The topological polar surface area (TPSA) is 144 Å². The number of methoxy groups -OCH3 is 1. The van der Waals surface area contributed by atoms with E-state index in [9.17, 15) is 24.6 Å². The van der Waals surface area contributed by atoms with Gasteiger partial charge in [0.2, 0.25) is 5.91 Å². The van der Waals surface area contributed by atoms with Gasteiger partial charge < -0.3 is 28.7 Å². The van der Waals surface area contributed by atoms with Gasteiger partial charge in [0.25, 0.3) is 0 Å². The lowest BCUT2D eigenvalue weighted by molar-refractivity contribution is -0.158. The maximum absolute atomic E-state index is 12.4. The molecule has 2 aliphatic heterocycles. The van der Waals surface area contributed by atoms with Gasteiger partial charge in [0.15, 0.2) is 12.0 Å². The van der Waals surface area contributed by atoms with Crippen molar-refractivity contribution in [3.05, 3.63) is 54.7 Å². The monoisotopic (exact) mass is 564 g/mol. The van der Waals surface area contributed by atoms with Crippen LogP contribution in [0.3, 0.4) is 0 Å². The summed E-state index contributed by atoms with van der Waals surface area (Å²) in [5.41, 5.74) is -1.89. The molecule has 2 aromatic rings. The molecule has 2 aromatic carbocycles. The third-order valence-electron chi connectivity index (χ3n) is 6.33. The van der Waals surface area contributed by atoms with Crippen LogP contribution in [0.5, 0.6) is 5.75 Å². The molecule has 13 heteroatoms. The maximum Gasteiger partial charge on any atom is 0.323 e. The molecule has 2 heterocycles. The van der Waals surface area contributed by atoms with E-state index in [1.807, 2.05) is 30.3 Å². The summed E-state index contributed by atoms with van der Waals surface area (Å²) in [6.07, 6.45) is -1.84. The number of benzene rings is 2. The van der Waals surface area contributed by atoms with Gasteiger partial charge in [-0.2, -0.15) is 0 Å². The molecule has 0 aliphatic carbocycles. The molecule has 4 rings (SSSR count). The van der Waals surface area contributed by atoms with E-state index in [4.69, 9.17) is 30.3 Å². The maximum atomic E-state index is 12.4. The number of nitrogens with one attached hydrogen (secondary N) is 1. The Labute approximate surface area is 224 Å². The van der Waals surface area contributed by atoms with Crippen LogP contribution in [0.2, 0.25) is 0 Å². The minimum atomic E-state index is -3.49. The van der Waals surface area contributed by atoms with Gasteiger partial charge in [0.1, 0.15) is 29.6 Å². The fourth-order valence-electron chi connectivity index (χ4n) is 4.27. The molecule has 2 unspecified atom stereocenters. The highest BCUT2D eigenvalue weighted by molar-refractivity contribution is 8.09. The number of amides is 1. The zero-order valence-electron chi connectivity index (χ0n) is 21.0. The van der Waals surface area contributed by atoms with Crippen LogP contribution in [0.1, 0.15) is 20.3 Å². The first-order valence-corrected chi connectivity index (χ1v) is 14.4. The number of hydrogen-bond acceptors (Lipinski definition) is 10. The summed E-state index contributed by atoms with van der Waals surface area (Å²) in [6, 6.07) is 12.0.